The lowest BCUT2D eigenvalue weighted by Crippen LogP contribution is -2.55. The van der Waals surface area contributed by atoms with Crippen LogP contribution in [0, 0.1) is 0 Å². The third kappa shape index (κ3) is 3.04. The van der Waals surface area contributed by atoms with Gasteiger partial charge in [-0.3, -0.25) is 0 Å². The lowest BCUT2D eigenvalue weighted by Gasteiger charge is -2.25. The van der Waals surface area contributed by atoms with Gasteiger partial charge in [0.25, 0.3) is 10.0 Å². The monoisotopic (exact) mass is 299 g/mol. The number of halogens is 4. The molecule has 0 aliphatic rings. The third-order valence-corrected chi connectivity index (χ3v) is 3.12. The van der Waals surface area contributed by atoms with Crippen LogP contribution in [-0.4, -0.2) is 19.8 Å². The second-order valence-corrected chi connectivity index (χ2v) is 5.07. The molecule has 1 rings (SSSR count). The average Bonchev–Trinajstić information content (AvgIpc) is 2.27. The van der Waals surface area contributed by atoms with E-state index in [4.69, 9.17) is 0 Å². The summed E-state index contributed by atoms with van der Waals surface area (Å²) in [4.78, 5) is 0. The van der Waals surface area contributed by atoms with Crippen molar-refractivity contribution in [2.24, 2.45) is 5.14 Å². The van der Waals surface area contributed by atoms with E-state index >= 15 is 0 Å². The molecule has 0 heterocycles. The standard InChI is InChI=1S/C10H9F4NO3S/c1-2-7-3-5-8(6-4-7)18-10(14,9(11,12)13)19(15,16)17/h2-6H,1H2,(H2,15,16,17). The predicted octanol–water partition coefficient (Wildman–Crippen LogP) is 2.18. The molecule has 9 heteroatoms. The fourth-order valence-electron chi connectivity index (χ4n) is 1.10. The van der Waals surface area contributed by atoms with E-state index in [2.05, 4.69) is 16.5 Å². The SMILES string of the molecule is C=Cc1ccc(OC(F)(C(F)(F)F)S(N)(=O)=O)cc1. The minimum Gasteiger partial charge on any atom is -0.438 e. The van der Waals surface area contributed by atoms with Crippen molar-refractivity contribution < 1.29 is 30.7 Å². The van der Waals surface area contributed by atoms with Gasteiger partial charge in [0.05, 0.1) is 0 Å². The number of hydrogen-bond donors (Lipinski definition) is 1. The van der Waals surface area contributed by atoms with Crippen LogP contribution < -0.4 is 9.88 Å². The fourth-order valence-corrected chi connectivity index (χ4v) is 1.64. The van der Waals surface area contributed by atoms with E-state index in [0.717, 1.165) is 12.1 Å². The van der Waals surface area contributed by atoms with E-state index in [-0.39, 0.29) is 0 Å². The molecule has 0 bridgehead atoms. The van der Waals surface area contributed by atoms with E-state index in [9.17, 15) is 26.0 Å². The van der Waals surface area contributed by atoms with Crippen molar-refractivity contribution >= 4 is 16.1 Å². The molecule has 1 aromatic carbocycles. The molecule has 1 unspecified atom stereocenters. The van der Waals surface area contributed by atoms with Crippen molar-refractivity contribution in [2.75, 3.05) is 0 Å². The molecule has 0 saturated carbocycles. The Hall–Kier alpha value is -1.61. The molecular formula is C10H9F4NO3S. The Kier molecular flexibility index (Phi) is 3.92. The highest BCUT2D eigenvalue weighted by Crippen LogP contribution is 2.39. The molecule has 0 radical (unpaired) electrons. The summed E-state index contributed by atoms with van der Waals surface area (Å²) in [5, 5.41) is -0.764. The van der Waals surface area contributed by atoms with Crippen LogP contribution in [0.3, 0.4) is 0 Å². The predicted molar refractivity (Wildman–Crippen MR) is 60.2 cm³/mol. The van der Waals surface area contributed by atoms with Crippen molar-refractivity contribution in [3.05, 3.63) is 36.4 Å². The molecule has 19 heavy (non-hydrogen) atoms. The Morgan fingerprint density at radius 2 is 1.63 bits per heavy atom. The maximum absolute atomic E-state index is 13.6. The normalized spacial score (nSPS) is 15.6. The molecule has 0 aliphatic heterocycles. The van der Waals surface area contributed by atoms with E-state index in [1.807, 2.05) is 0 Å². The second-order valence-electron chi connectivity index (χ2n) is 3.45. The fraction of sp³-hybridized carbons (Fsp3) is 0.200. The molecule has 0 amide bonds. The van der Waals surface area contributed by atoms with Crippen molar-refractivity contribution in [1.82, 2.24) is 0 Å². The highest BCUT2D eigenvalue weighted by Gasteiger charge is 2.68. The Labute approximate surface area is 106 Å². The van der Waals surface area contributed by atoms with Crippen LogP contribution in [0.1, 0.15) is 5.56 Å². The van der Waals surface area contributed by atoms with Crippen molar-refractivity contribution in [2.45, 2.75) is 11.4 Å². The van der Waals surface area contributed by atoms with Crippen LogP contribution in [0.2, 0.25) is 0 Å². The van der Waals surface area contributed by atoms with Gasteiger partial charge in [-0.15, -0.1) is 0 Å². The zero-order valence-corrected chi connectivity index (χ0v) is 10.1. The average molecular weight is 299 g/mol. The second kappa shape index (κ2) is 4.82. The smallest absolute Gasteiger partial charge is 0.438 e. The quantitative estimate of drug-likeness (QED) is 0.866. The molecule has 0 aromatic heterocycles. The first kappa shape index (κ1) is 15.4. The summed E-state index contributed by atoms with van der Waals surface area (Å²) in [5.74, 6) is -0.639. The molecule has 106 valence electrons. The Morgan fingerprint density at radius 1 is 1.16 bits per heavy atom. The highest BCUT2D eigenvalue weighted by molar-refractivity contribution is 7.90. The zero-order chi connectivity index (χ0) is 14.9. The van der Waals surface area contributed by atoms with Gasteiger partial charge in [0.15, 0.2) is 0 Å². The van der Waals surface area contributed by atoms with E-state index in [1.54, 1.807) is 0 Å². The molecule has 4 nitrogen and oxygen atoms in total. The summed E-state index contributed by atoms with van der Waals surface area (Å²) in [7, 11) is -5.67. The Morgan fingerprint density at radius 3 is 1.95 bits per heavy atom. The molecule has 2 N–H and O–H groups in total. The lowest BCUT2D eigenvalue weighted by atomic mass is 10.2. The highest BCUT2D eigenvalue weighted by atomic mass is 32.2. The van der Waals surface area contributed by atoms with E-state index in [0.29, 0.717) is 5.56 Å². The van der Waals surface area contributed by atoms with E-state index < -0.39 is 27.1 Å². The summed E-state index contributed by atoms with van der Waals surface area (Å²) in [6.07, 6.45) is -4.45. The first-order chi connectivity index (χ1) is 8.51. The number of primary sulfonamides is 1. The minimum absolute atomic E-state index is 0.527. The number of alkyl halides is 4. The minimum atomic E-state index is -5.84. The van der Waals surface area contributed by atoms with Gasteiger partial charge in [-0.1, -0.05) is 24.8 Å². The first-order valence-electron chi connectivity index (χ1n) is 4.71. The number of benzene rings is 1. The Balaban J connectivity index is 3.19. The number of rotatable bonds is 4. The summed E-state index contributed by atoms with van der Waals surface area (Å²) in [5.41, 5.74) is 0.527. The van der Waals surface area contributed by atoms with Gasteiger partial charge in [0.2, 0.25) is 0 Å². The maximum atomic E-state index is 13.6. The lowest BCUT2D eigenvalue weighted by molar-refractivity contribution is -0.259. The third-order valence-electron chi connectivity index (χ3n) is 2.07. The first-order valence-corrected chi connectivity index (χ1v) is 6.25. The Bertz CT molecular complexity index is 567. The van der Waals surface area contributed by atoms with Gasteiger partial charge in [0.1, 0.15) is 5.75 Å². The van der Waals surface area contributed by atoms with Gasteiger partial charge in [-0.25, -0.2) is 13.6 Å². The topological polar surface area (TPSA) is 69.4 Å². The largest absolute Gasteiger partial charge is 0.478 e. The van der Waals surface area contributed by atoms with Crippen molar-refractivity contribution in [3.8, 4) is 5.75 Å². The summed E-state index contributed by atoms with van der Waals surface area (Å²) in [6.45, 7) is 3.40. The molecule has 1 atom stereocenters. The molecule has 0 fully saturated rings. The molecule has 0 aliphatic carbocycles. The van der Waals surface area contributed by atoms with Gasteiger partial charge in [0, 0.05) is 0 Å². The van der Waals surface area contributed by atoms with E-state index in [1.165, 1.54) is 18.2 Å². The van der Waals surface area contributed by atoms with Crippen LogP contribution in [-0.2, 0) is 10.0 Å². The number of ether oxygens (including phenoxy) is 1. The van der Waals surface area contributed by atoms with Crippen LogP contribution in [0.15, 0.2) is 30.8 Å². The number of nitrogens with two attached hydrogens (primary N) is 1. The molecule has 0 saturated heterocycles. The van der Waals surface area contributed by atoms with Crippen molar-refractivity contribution in [1.29, 1.82) is 0 Å². The summed E-state index contributed by atoms with van der Waals surface area (Å²) in [6, 6.07) is 4.45. The summed E-state index contributed by atoms with van der Waals surface area (Å²) < 4.78 is 76.4. The van der Waals surface area contributed by atoms with Gasteiger partial charge in [-0.2, -0.15) is 17.6 Å². The molecule has 0 spiro atoms. The maximum Gasteiger partial charge on any atom is 0.478 e. The molecule has 1 aromatic rings. The molecular weight excluding hydrogens is 290 g/mol. The van der Waals surface area contributed by atoms with Crippen LogP contribution in [0.25, 0.3) is 6.08 Å². The van der Waals surface area contributed by atoms with Gasteiger partial charge >= 0.3 is 11.4 Å². The van der Waals surface area contributed by atoms with Crippen molar-refractivity contribution in [3.63, 3.8) is 0 Å². The van der Waals surface area contributed by atoms with Crippen LogP contribution >= 0.6 is 0 Å². The van der Waals surface area contributed by atoms with Crippen LogP contribution in [0.5, 0.6) is 5.75 Å². The number of hydrogen-bond acceptors (Lipinski definition) is 3. The zero-order valence-electron chi connectivity index (χ0n) is 9.32. The van der Waals surface area contributed by atoms with Gasteiger partial charge < -0.3 is 4.74 Å². The van der Waals surface area contributed by atoms with Gasteiger partial charge in [-0.05, 0) is 17.7 Å². The number of sulfonamides is 1. The summed E-state index contributed by atoms with van der Waals surface area (Å²) >= 11 is 0. The van der Waals surface area contributed by atoms with Crippen LogP contribution in [0.4, 0.5) is 17.6 Å².